The number of nitrogens with one attached hydrogen (secondary N) is 2. The van der Waals surface area contributed by atoms with E-state index in [1.165, 1.54) is 7.11 Å². The number of methoxy groups -OCH3 is 1. The lowest BCUT2D eigenvalue weighted by atomic mass is 10.1. The molecule has 164 valence electrons. The molecule has 1 heterocycles. The first kappa shape index (κ1) is 23.0. The van der Waals surface area contributed by atoms with Crippen LogP contribution in [0.25, 0.3) is 0 Å². The Morgan fingerprint density at radius 3 is 2.32 bits per heavy atom. The second-order valence-corrected chi connectivity index (χ2v) is 8.58. The molecule has 0 spiro atoms. The van der Waals surface area contributed by atoms with Crippen molar-refractivity contribution in [3.8, 4) is 5.75 Å². The topological polar surface area (TPSA) is 73.9 Å². The van der Waals surface area contributed by atoms with Crippen molar-refractivity contribution in [3.05, 3.63) is 52.0 Å². The minimum Gasteiger partial charge on any atom is -0.496 e. The number of anilines is 2. The lowest BCUT2D eigenvalue weighted by Gasteiger charge is -2.35. The van der Waals surface area contributed by atoms with Crippen LogP contribution in [-0.2, 0) is 4.79 Å². The van der Waals surface area contributed by atoms with Crippen molar-refractivity contribution < 1.29 is 14.3 Å². The molecule has 0 aromatic heterocycles. The van der Waals surface area contributed by atoms with Crippen molar-refractivity contribution in [1.82, 2.24) is 10.2 Å². The van der Waals surface area contributed by atoms with Crippen LogP contribution in [0, 0.1) is 6.92 Å². The minimum absolute atomic E-state index is 0.116. The molecule has 1 aliphatic rings. The van der Waals surface area contributed by atoms with E-state index in [4.69, 9.17) is 17.0 Å². The number of halogens is 1. The SMILES string of the molecule is COc1c(C)cc(Br)cc1C(=O)NC(=S)Nc1ccc(N2CCN(C(C)=O)CC2)cc1. The van der Waals surface area contributed by atoms with Crippen molar-refractivity contribution in [2.24, 2.45) is 0 Å². The highest BCUT2D eigenvalue weighted by Crippen LogP contribution is 2.28. The highest BCUT2D eigenvalue weighted by Gasteiger charge is 2.19. The summed E-state index contributed by atoms with van der Waals surface area (Å²) >= 11 is 8.72. The number of ether oxygens (including phenoxy) is 1. The molecular weight excluding hydrogens is 480 g/mol. The average molecular weight is 505 g/mol. The van der Waals surface area contributed by atoms with Gasteiger partial charge in [-0.1, -0.05) is 15.9 Å². The third-order valence-electron chi connectivity index (χ3n) is 5.13. The van der Waals surface area contributed by atoms with Crippen LogP contribution >= 0.6 is 28.1 Å². The molecule has 2 amide bonds. The van der Waals surface area contributed by atoms with Gasteiger partial charge in [-0.25, -0.2) is 0 Å². The van der Waals surface area contributed by atoms with Gasteiger partial charge in [0.25, 0.3) is 5.91 Å². The van der Waals surface area contributed by atoms with Crippen LogP contribution in [0.15, 0.2) is 40.9 Å². The zero-order chi connectivity index (χ0) is 22.5. The Hall–Kier alpha value is -2.65. The fourth-order valence-electron chi connectivity index (χ4n) is 3.54. The van der Waals surface area contributed by atoms with Crippen molar-refractivity contribution in [2.75, 3.05) is 43.5 Å². The Kier molecular flexibility index (Phi) is 7.50. The summed E-state index contributed by atoms with van der Waals surface area (Å²) in [5, 5.41) is 5.94. The summed E-state index contributed by atoms with van der Waals surface area (Å²) in [5.74, 6) is 0.279. The number of amides is 2. The molecule has 0 radical (unpaired) electrons. The van der Waals surface area contributed by atoms with E-state index in [0.29, 0.717) is 11.3 Å². The number of piperazine rings is 1. The number of aryl methyl sites for hydroxylation is 1. The van der Waals surface area contributed by atoms with Gasteiger partial charge in [-0.15, -0.1) is 0 Å². The van der Waals surface area contributed by atoms with Gasteiger partial charge >= 0.3 is 0 Å². The second kappa shape index (κ2) is 10.1. The number of hydrogen-bond acceptors (Lipinski definition) is 5. The van der Waals surface area contributed by atoms with E-state index in [9.17, 15) is 9.59 Å². The van der Waals surface area contributed by atoms with Crippen molar-refractivity contribution in [2.45, 2.75) is 13.8 Å². The number of carbonyl (C=O) groups excluding carboxylic acids is 2. The van der Waals surface area contributed by atoms with Gasteiger partial charge in [-0.3, -0.25) is 14.9 Å². The van der Waals surface area contributed by atoms with E-state index in [1.807, 2.05) is 42.2 Å². The fourth-order valence-corrected chi connectivity index (χ4v) is 4.32. The van der Waals surface area contributed by atoms with Gasteiger partial charge in [0, 0.05) is 49.0 Å². The Morgan fingerprint density at radius 2 is 1.74 bits per heavy atom. The summed E-state index contributed by atoms with van der Waals surface area (Å²) in [4.78, 5) is 28.3. The molecule has 1 aliphatic heterocycles. The normalized spacial score (nSPS) is 13.5. The fraction of sp³-hybridized carbons (Fsp3) is 0.318. The van der Waals surface area contributed by atoms with Crippen LogP contribution in [0.4, 0.5) is 11.4 Å². The molecule has 2 aromatic carbocycles. The molecule has 9 heteroatoms. The van der Waals surface area contributed by atoms with Crippen molar-refractivity contribution >= 4 is 56.4 Å². The second-order valence-electron chi connectivity index (χ2n) is 7.25. The average Bonchev–Trinajstić information content (AvgIpc) is 2.73. The predicted molar refractivity (Wildman–Crippen MR) is 130 cm³/mol. The third-order valence-corrected chi connectivity index (χ3v) is 5.79. The largest absolute Gasteiger partial charge is 0.496 e. The lowest BCUT2D eigenvalue weighted by Crippen LogP contribution is -2.48. The van der Waals surface area contributed by atoms with Gasteiger partial charge in [0.2, 0.25) is 5.91 Å². The Labute approximate surface area is 195 Å². The number of rotatable bonds is 4. The third kappa shape index (κ3) is 5.74. The van der Waals surface area contributed by atoms with E-state index < -0.39 is 0 Å². The maximum absolute atomic E-state index is 12.7. The van der Waals surface area contributed by atoms with Crippen molar-refractivity contribution in [1.29, 1.82) is 0 Å². The smallest absolute Gasteiger partial charge is 0.261 e. The summed E-state index contributed by atoms with van der Waals surface area (Å²) in [5.41, 5.74) is 3.10. The molecule has 1 fully saturated rings. The summed E-state index contributed by atoms with van der Waals surface area (Å²) in [6.07, 6.45) is 0. The first-order valence-corrected chi connectivity index (χ1v) is 11.1. The Morgan fingerprint density at radius 1 is 1.10 bits per heavy atom. The molecule has 2 N–H and O–H groups in total. The maximum atomic E-state index is 12.7. The number of carbonyl (C=O) groups is 2. The summed E-state index contributed by atoms with van der Waals surface area (Å²) in [7, 11) is 1.53. The first-order chi connectivity index (χ1) is 14.8. The molecule has 0 saturated carbocycles. The lowest BCUT2D eigenvalue weighted by molar-refractivity contribution is -0.129. The number of thiocarbonyl (C=S) groups is 1. The molecular formula is C22H25BrN4O3S. The van der Waals surface area contributed by atoms with Crippen LogP contribution in [0.2, 0.25) is 0 Å². The predicted octanol–water partition coefficient (Wildman–Crippen LogP) is 3.56. The van der Waals surface area contributed by atoms with Crippen LogP contribution in [0.3, 0.4) is 0 Å². The summed E-state index contributed by atoms with van der Waals surface area (Å²) in [6, 6.07) is 11.4. The van der Waals surface area contributed by atoms with E-state index in [-0.39, 0.29) is 16.9 Å². The number of nitrogens with zero attached hydrogens (tertiary/aromatic N) is 2. The molecule has 0 aliphatic carbocycles. The van der Waals surface area contributed by atoms with Gasteiger partial charge in [0.15, 0.2) is 5.11 Å². The molecule has 31 heavy (non-hydrogen) atoms. The molecule has 2 aromatic rings. The Balaban J connectivity index is 1.59. The monoisotopic (exact) mass is 504 g/mol. The first-order valence-electron chi connectivity index (χ1n) is 9.85. The highest BCUT2D eigenvalue weighted by atomic mass is 79.9. The van der Waals surface area contributed by atoms with E-state index in [0.717, 1.165) is 47.6 Å². The summed E-state index contributed by atoms with van der Waals surface area (Å²) in [6.45, 7) is 6.53. The van der Waals surface area contributed by atoms with E-state index >= 15 is 0 Å². The zero-order valence-electron chi connectivity index (χ0n) is 17.7. The van der Waals surface area contributed by atoms with Crippen LogP contribution in [0.5, 0.6) is 5.75 Å². The highest BCUT2D eigenvalue weighted by molar-refractivity contribution is 9.10. The summed E-state index contributed by atoms with van der Waals surface area (Å²) < 4.78 is 6.16. The molecule has 1 saturated heterocycles. The van der Waals surface area contributed by atoms with Gasteiger partial charge in [0.1, 0.15) is 5.75 Å². The Bertz CT molecular complexity index is 989. The molecule has 0 bridgehead atoms. The standard InChI is InChI=1S/C22H25BrN4O3S/c1-14-12-16(23)13-19(20(14)30-3)21(29)25-22(31)24-17-4-6-18(7-5-17)27-10-8-26(9-11-27)15(2)28/h4-7,12-13H,8-11H2,1-3H3,(H2,24,25,29,31). The van der Waals surface area contributed by atoms with E-state index in [2.05, 4.69) is 31.5 Å². The number of benzene rings is 2. The van der Waals surface area contributed by atoms with Gasteiger partial charge < -0.3 is 19.9 Å². The maximum Gasteiger partial charge on any atom is 0.261 e. The van der Waals surface area contributed by atoms with Crippen LogP contribution in [0.1, 0.15) is 22.8 Å². The van der Waals surface area contributed by atoms with Crippen LogP contribution < -0.4 is 20.3 Å². The van der Waals surface area contributed by atoms with E-state index in [1.54, 1.807) is 13.0 Å². The molecule has 7 nitrogen and oxygen atoms in total. The zero-order valence-corrected chi connectivity index (χ0v) is 20.1. The van der Waals surface area contributed by atoms with Crippen LogP contribution in [-0.4, -0.2) is 55.1 Å². The van der Waals surface area contributed by atoms with Gasteiger partial charge in [0.05, 0.1) is 12.7 Å². The van der Waals surface area contributed by atoms with Gasteiger partial charge in [-0.2, -0.15) is 0 Å². The molecule has 0 unspecified atom stereocenters. The number of hydrogen-bond donors (Lipinski definition) is 2. The quantitative estimate of drug-likeness (QED) is 0.620. The molecule has 3 rings (SSSR count). The minimum atomic E-state index is -0.348. The molecule has 0 atom stereocenters. The van der Waals surface area contributed by atoms with Gasteiger partial charge in [-0.05, 0) is 61.1 Å². The van der Waals surface area contributed by atoms with Crippen molar-refractivity contribution in [3.63, 3.8) is 0 Å².